The van der Waals surface area contributed by atoms with E-state index in [0.717, 1.165) is 31.7 Å². The third kappa shape index (κ3) is 3.75. The van der Waals surface area contributed by atoms with E-state index in [9.17, 15) is 13.9 Å². The van der Waals surface area contributed by atoms with Crippen molar-refractivity contribution in [2.45, 2.75) is 51.6 Å². The van der Waals surface area contributed by atoms with Crippen LogP contribution in [0.15, 0.2) is 18.2 Å². The summed E-state index contributed by atoms with van der Waals surface area (Å²) in [6.07, 6.45) is 5.82. The van der Waals surface area contributed by atoms with Crippen LogP contribution in [-0.2, 0) is 0 Å². The lowest BCUT2D eigenvalue weighted by Crippen LogP contribution is -2.21. The van der Waals surface area contributed by atoms with Gasteiger partial charge in [0.05, 0.1) is 6.10 Å². The average Bonchev–Trinajstić information content (AvgIpc) is 2.37. The molecule has 19 heavy (non-hydrogen) atoms. The van der Waals surface area contributed by atoms with Crippen LogP contribution in [0.3, 0.4) is 0 Å². The second kappa shape index (κ2) is 6.47. The number of aliphatic hydroxyl groups is 1. The Kier molecular flexibility index (Phi) is 4.92. The van der Waals surface area contributed by atoms with Crippen molar-refractivity contribution in [3.63, 3.8) is 0 Å². The molecule has 0 spiro atoms. The zero-order chi connectivity index (χ0) is 13.8. The summed E-state index contributed by atoms with van der Waals surface area (Å²) < 4.78 is 26.4. The maximum atomic E-state index is 13.2. The summed E-state index contributed by atoms with van der Waals surface area (Å²) in [6.45, 7) is 2.17. The van der Waals surface area contributed by atoms with Gasteiger partial charge >= 0.3 is 0 Å². The van der Waals surface area contributed by atoms with E-state index in [-0.39, 0.29) is 5.92 Å². The van der Waals surface area contributed by atoms with E-state index < -0.39 is 17.7 Å². The van der Waals surface area contributed by atoms with Gasteiger partial charge in [-0.15, -0.1) is 0 Å². The molecule has 3 heteroatoms. The Balaban J connectivity index is 2.07. The van der Waals surface area contributed by atoms with Gasteiger partial charge in [-0.25, -0.2) is 8.78 Å². The minimum Gasteiger partial charge on any atom is -0.388 e. The molecule has 0 heterocycles. The first-order valence-corrected chi connectivity index (χ1v) is 7.24. The molecule has 0 radical (unpaired) electrons. The molecule has 0 unspecified atom stereocenters. The SMILES string of the molecule is CCC[C@H]1CCC[C@H]([C@H](O)c2cc(F)cc(F)c2)C1. The molecule has 0 aliphatic heterocycles. The molecule has 1 aliphatic rings. The number of hydrogen-bond acceptors (Lipinski definition) is 1. The van der Waals surface area contributed by atoms with Gasteiger partial charge in [0, 0.05) is 6.07 Å². The molecular formula is C16H22F2O. The normalized spacial score (nSPS) is 25.3. The van der Waals surface area contributed by atoms with Gasteiger partial charge < -0.3 is 5.11 Å². The number of hydrogen-bond donors (Lipinski definition) is 1. The fraction of sp³-hybridized carbons (Fsp3) is 0.625. The second-order valence-corrected chi connectivity index (χ2v) is 5.73. The van der Waals surface area contributed by atoms with Crippen LogP contribution in [0.2, 0.25) is 0 Å². The molecule has 1 aliphatic carbocycles. The molecule has 1 nitrogen and oxygen atoms in total. The predicted octanol–water partition coefficient (Wildman–Crippen LogP) is 4.60. The molecule has 1 aromatic rings. The summed E-state index contributed by atoms with van der Waals surface area (Å²) in [5.41, 5.74) is 0.375. The van der Waals surface area contributed by atoms with Gasteiger partial charge in [-0.1, -0.05) is 32.6 Å². The summed E-state index contributed by atoms with van der Waals surface area (Å²) in [4.78, 5) is 0. The zero-order valence-electron chi connectivity index (χ0n) is 11.4. The van der Waals surface area contributed by atoms with E-state index in [1.807, 2.05) is 0 Å². The summed E-state index contributed by atoms with van der Waals surface area (Å²) in [7, 11) is 0. The molecule has 2 rings (SSSR count). The topological polar surface area (TPSA) is 20.2 Å². The van der Waals surface area contributed by atoms with Crippen LogP contribution >= 0.6 is 0 Å². The third-order valence-electron chi connectivity index (χ3n) is 4.19. The Hall–Kier alpha value is -0.960. The number of aliphatic hydroxyl groups excluding tert-OH is 1. The Morgan fingerprint density at radius 2 is 1.89 bits per heavy atom. The minimum absolute atomic E-state index is 0.131. The van der Waals surface area contributed by atoms with E-state index >= 15 is 0 Å². The van der Waals surface area contributed by atoms with E-state index in [1.165, 1.54) is 25.0 Å². The van der Waals surface area contributed by atoms with Crippen molar-refractivity contribution in [1.82, 2.24) is 0 Å². The van der Waals surface area contributed by atoms with Crippen molar-refractivity contribution in [1.29, 1.82) is 0 Å². The van der Waals surface area contributed by atoms with Gasteiger partial charge in [0.2, 0.25) is 0 Å². The van der Waals surface area contributed by atoms with Crippen LogP contribution in [0.4, 0.5) is 8.78 Å². The summed E-state index contributed by atoms with van der Waals surface area (Å²) >= 11 is 0. The van der Waals surface area contributed by atoms with E-state index in [1.54, 1.807) is 0 Å². The van der Waals surface area contributed by atoms with Gasteiger partial charge in [0.15, 0.2) is 0 Å². The lowest BCUT2D eigenvalue weighted by atomic mass is 9.76. The van der Waals surface area contributed by atoms with Crippen molar-refractivity contribution in [2.75, 3.05) is 0 Å². The van der Waals surface area contributed by atoms with Gasteiger partial charge in [-0.3, -0.25) is 0 Å². The van der Waals surface area contributed by atoms with Gasteiger partial charge in [-0.05, 0) is 42.4 Å². The molecule has 1 saturated carbocycles. The molecule has 0 amide bonds. The van der Waals surface area contributed by atoms with Crippen molar-refractivity contribution in [3.05, 3.63) is 35.4 Å². The van der Waals surface area contributed by atoms with Crippen molar-refractivity contribution >= 4 is 0 Å². The molecule has 106 valence electrons. The van der Waals surface area contributed by atoms with Crippen molar-refractivity contribution < 1.29 is 13.9 Å². The fourth-order valence-electron chi connectivity index (χ4n) is 3.31. The zero-order valence-corrected chi connectivity index (χ0v) is 11.4. The second-order valence-electron chi connectivity index (χ2n) is 5.73. The number of rotatable bonds is 4. The molecular weight excluding hydrogens is 246 g/mol. The van der Waals surface area contributed by atoms with E-state index in [4.69, 9.17) is 0 Å². The van der Waals surface area contributed by atoms with Crippen LogP contribution in [0.5, 0.6) is 0 Å². The molecule has 1 fully saturated rings. The maximum absolute atomic E-state index is 13.2. The van der Waals surface area contributed by atoms with Gasteiger partial charge in [0.25, 0.3) is 0 Å². The molecule has 0 aromatic heterocycles. The highest BCUT2D eigenvalue weighted by molar-refractivity contribution is 5.21. The Morgan fingerprint density at radius 1 is 1.21 bits per heavy atom. The number of halogens is 2. The van der Waals surface area contributed by atoms with Crippen LogP contribution < -0.4 is 0 Å². The highest BCUT2D eigenvalue weighted by Gasteiger charge is 2.28. The van der Waals surface area contributed by atoms with E-state index in [2.05, 4.69) is 6.92 Å². The Bertz CT molecular complexity index is 397. The largest absolute Gasteiger partial charge is 0.388 e. The highest BCUT2D eigenvalue weighted by Crippen LogP contribution is 2.39. The molecule has 0 saturated heterocycles. The van der Waals surface area contributed by atoms with Crippen molar-refractivity contribution in [3.8, 4) is 0 Å². The first-order valence-electron chi connectivity index (χ1n) is 7.24. The molecule has 1 N–H and O–H groups in total. The first kappa shape index (κ1) is 14.4. The van der Waals surface area contributed by atoms with Crippen LogP contribution in [-0.4, -0.2) is 5.11 Å². The fourth-order valence-corrected chi connectivity index (χ4v) is 3.31. The average molecular weight is 268 g/mol. The first-order chi connectivity index (χ1) is 9.10. The highest BCUT2D eigenvalue weighted by atomic mass is 19.1. The summed E-state index contributed by atoms with van der Waals surface area (Å²) in [5, 5.41) is 10.3. The van der Waals surface area contributed by atoms with E-state index in [0.29, 0.717) is 11.5 Å². The Morgan fingerprint density at radius 3 is 2.53 bits per heavy atom. The van der Waals surface area contributed by atoms with Gasteiger partial charge in [0.1, 0.15) is 11.6 Å². The van der Waals surface area contributed by atoms with Crippen molar-refractivity contribution in [2.24, 2.45) is 11.8 Å². The Labute approximate surface area is 113 Å². The quantitative estimate of drug-likeness (QED) is 0.845. The minimum atomic E-state index is -0.746. The van der Waals surface area contributed by atoms with Crippen LogP contribution in [0.25, 0.3) is 0 Å². The lowest BCUT2D eigenvalue weighted by Gasteiger charge is -2.32. The standard InChI is InChI=1S/C16H22F2O/c1-2-4-11-5-3-6-12(7-11)16(19)13-8-14(17)10-15(18)9-13/h8-12,16,19H,2-7H2,1H3/t11-,12-,16-/m0/s1. The molecule has 1 aromatic carbocycles. The third-order valence-corrected chi connectivity index (χ3v) is 4.19. The smallest absolute Gasteiger partial charge is 0.126 e. The van der Waals surface area contributed by atoms with Crippen LogP contribution in [0, 0.1) is 23.5 Å². The predicted molar refractivity (Wildman–Crippen MR) is 71.7 cm³/mol. The maximum Gasteiger partial charge on any atom is 0.126 e. The number of benzene rings is 1. The molecule has 3 atom stereocenters. The molecule has 0 bridgehead atoms. The monoisotopic (exact) mass is 268 g/mol. The van der Waals surface area contributed by atoms with Gasteiger partial charge in [-0.2, -0.15) is 0 Å². The summed E-state index contributed by atoms with van der Waals surface area (Å²) in [6, 6.07) is 3.34. The lowest BCUT2D eigenvalue weighted by molar-refractivity contribution is 0.0663. The van der Waals surface area contributed by atoms with Crippen LogP contribution in [0.1, 0.15) is 57.1 Å². The summed E-state index contributed by atoms with van der Waals surface area (Å²) in [5.74, 6) is -0.451.